The highest BCUT2D eigenvalue weighted by molar-refractivity contribution is 6.06. The molecular weight excluding hydrogens is 350 g/mol. The zero-order chi connectivity index (χ0) is 19.7. The van der Waals surface area contributed by atoms with Crippen molar-refractivity contribution in [2.45, 2.75) is 19.3 Å². The van der Waals surface area contributed by atoms with E-state index in [9.17, 15) is 9.59 Å². The van der Waals surface area contributed by atoms with Crippen molar-refractivity contribution in [3.63, 3.8) is 0 Å². The number of rotatable bonds is 3. The number of benzene rings is 2. The number of hydrogen-bond acceptors (Lipinski definition) is 2. The van der Waals surface area contributed by atoms with Crippen LogP contribution in [0.15, 0.2) is 60.8 Å². The summed E-state index contributed by atoms with van der Waals surface area (Å²) < 4.78 is 0. The third-order valence-corrected chi connectivity index (χ3v) is 5.70. The fourth-order valence-electron chi connectivity index (χ4n) is 3.91. The Labute approximate surface area is 165 Å². The van der Waals surface area contributed by atoms with Crippen molar-refractivity contribution in [3.05, 3.63) is 71.9 Å². The minimum absolute atomic E-state index is 0.0202. The van der Waals surface area contributed by atoms with Crippen LogP contribution in [-0.2, 0) is 10.2 Å². The van der Waals surface area contributed by atoms with Crippen LogP contribution in [0.1, 0.15) is 29.8 Å². The van der Waals surface area contributed by atoms with Crippen molar-refractivity contribution in [2.75, 3.05) is 26.2 Å². The van der Waals surface area contributed by atoms with Gasteiger partial charge in [0.05, 0.1) is 11.0 Å². The summed E-state index contributed by atoms with van der Waals surface area (Å²) in [5, 5.41) is 0.941. The molecule has 1 N–H and O–H groups in total. The standard InChI is InChI=1S/C23H25N3O2/c1-23(2,17-8-4-3-5-9-17)22(28)26-14-12-25(13-15-26)21(27)19-16-24-20-11-7-6-10-18(19)20/h3-11,16,24H,12-15H2,1-2H3. The summed E-state index contributed by atoms with van der Waals surface area (Å²) in [6, 6.07) is 17.7. The molecule has 0 atom stereocenters. The number of amides is 2. The van der Waals surface area contributed by atoms with Crippen molar-refractivity contribution in [1.29, 1.82) is 0 Å². The fraction of sp³-hybridized carbons (Fsp3) is 0.304. The smallest absolute Gasteiger partial charge is 0.256 e. The van der Waals surface area contributed by atoms with E-state index in [1.807, 2.05) is 78.2 Å². The third kappa shape index (κ3) is 3.17. The molecule has 2 heterocycles. The maximum atomic E-state index is 13.1. The van der Waals surface area contributed by atoms with Gasteiger partial charge in [-0.15, -0.1) is 0 Å². The minimum Gasteiger partial charge on any atom is -0.360 e. The Bertz CT molecular complexity index is 999. The normalized spacial score (nSPS) is 15.1. The molecule has 2 amide bonds. The number of piperazine rings is 1. The lowest BCUT2D eigenvalue weighted by atomic mass is 9.83. The fourth-order valence-corrected chi connectivity index (χ4v) is 3.91. The summed E-state index contributed by atoms with van der Waals surface area (Å²) >= 11 is 0. The van der Waals surface area contributed by atoms with Crippen LogP contribution in [0.25, 0.3) is 10.9 Å². The zero-order valence-corrected chi connectivity index (χ0v) is 16.3. The van der Waals surface area contributed by atoms with Crippen molar-refractivity contribution >= 4 is 22.7 Å². The SMILES string of the molecule is CC(C)(C(=O)N1CCN(C(=O)c2c[nH]c3ccccc23)CC1)c1ccccc1. The summed E-state index contributed by atoms with van der Waals surface area (Å²) in [6.07, 6.45) is 1.78. The summed E-state index contributed by atoms with van der Waals surface area (Å²) in [7, 11) is 0. The van der Waals surface area contributed by atoms with Gasteiger partial charge in [-0.05, 0) is 25.5 Å². The molecule has 1 saturated heterocycles. The number of aromatic amines is 1. The van der Waals surface area contributed by atoms with Gasteiger partial charge in [0, 0.05) is 43.3 Å². The average Bonchev–Trinajstić information content (AvgIpc) is 3.17. The second-order valence-corrected chi connectivity index (χ2v) is 7.82. The number of H-pyrrole nitrogens is 1. The number of carbonyl (C=O) groups is 2. The summed E-state index contributed by atoms with van der Waals surface area (Å²) in [6.45, 7) is 6.15. The van der Waals surface area contributed by atoms with Crippen LogP contribution in [0.2, 0.25) is 0 Å². The number of hydrogen-bond donors (Lipinski definition) is 1. The lowest BCUT2D eigenvalue weighted by molar-refractivity contribution is -0.137. The van der Waals surface area contributed by atoms with Crippen LogP contribution in [-0.4, -0.2) is 52.8 Å². The Morgan fingerprint density at radius 3 is 2.18 bits per heavy atom. The van der Waals surface area contributed by atoms with E-state index in [0.29, 0.717) is 31.7 Å². The Morgan fingerprint density at radius 2 is 1.46 bits per heavy atom. The molecule has 5 nitrogen and oxygen atoms in total. The predicted octanol–water partition coefficient (Wildman–Crippen LogP) is 3.43. The Morgan fingerprint density at radius 1 is 0.857 bits per heavy atom. The van der Waals surface area contributed by atoms with E-state index in [2.05, 4.69) is 4.98 Å². The van der Waals surface area contributed by atoms with E-state index in [1.54, 1.807) is 6.20 Å². The molecule has 1 aliphatic heterocycles. The second-order valence-electron chi connectivity index (χ2n) is 7.82. The summed E-state index contributed by atoms with van der Waals surface area (Å²) in [4.78, 5) is 33.0. The molecule has 0 aliphatic carbocycles. The Kier molecular flexibility index (Phi) is 4.67. The Balaban J connectivity index is 1.44. The topological polar surface area (TPSA) is 56.4 Å². The van der Waals surface area contributed by atoms with E-state index in [1.165, 1.54) is 0 Å². The second kappa shape index (κ2) is 7.15. The van der Waals surface area contributed by atoms with Gasteiger partial charge < -0.3 is 14.8 Å². The molecule has 4 rings (SSSR count). The number of carbonyl (C=O) groups excluding carboxylic acids is 2. The highest BCUT2D eigenvalue weighted by atomic mass is 16.2. The van der Waals surface area contributed by atoms with E-state index < -0.39 is 5.41 Å². The first-order chi connectivity index (χ1) is 13.5. The summed E-state index contributed by atoms with van der Waals surface area (Å²) in [5.41, 5.74) is 2.09. The molecule has 0 saturated carbocycles. The van der Waals surface area contributed by atoms with Gasteiger partial charge in [-0.1, -0.05) is 48.5 Å². The van der Waals surface area contributed by atoms with Crippen LogP contribution in [0.5, 0.6) is 0 Å². The van der Waals surface area contributed by atoms with Gasteiger partial charge >= 0.3 is 0 Å². The molecule has 1 aliphatic rings. The first-order valence-electron chi connectivity index (χ1n) is 9.69. The number of nitrogens with zero attached hydrogens (tertiary/aromatic N) is 2. The minimum atomic E-state index is -0.579. The summed E-state index contributed by atoms with van der Waals surface area (Å²) in [5.74, 6) is 0.129. The maximum Gasteiger partial charge on any atom is 0.256 e. The molecule has 0 radical (unpaired) electrons. The number of nitrogens with one attached hydrogen (secondary N) is 1. The van der Waals surface area contributed by atoms with E-state index in [-0.39, 0.29) is 11.8 Å². The average molecular weight is 375 g/mol. The largest absolute Gasteiger partial charge is 0.360 e. The van der Waals surface area contributed by atoms with Gasteiger partial charge in [-0.2, -0.15) is 0 Å². The molecule has 1 fully saturated rings. The van der Waals surface area contributed by atoms with Crippen molar-refractivity contribution < 1.29 is 9.59 Å². The number of fused-ring (bicyclic) bond motifs is 1. The van der Waals surface area contributed by atoms with E-state index >= 15 is 0 Å². The van der Waals surface area contributed by atoms with Gasteiger partial charge in [-0.3, -0.25) is 9.59 Å². The quantitative estimate of drug-likeness (QED) is 0.762. The zero-order valence-electron chi connectivity index (χ0n) is 16.3. The van der Waals surface area contributed by atoms with Crippen LogP contribution in [0.4, 0.5) is 0 Å². The van der Waals surface area contributed by atoms with E-state index in [0.717, 1.165) is 16.5 Å². The molecule has 5 heteroatoms. The molecular formula is C23H25N3O2. The van der Waals surface area contributed by atoms with E-state index in [4.69, 9.17) is 0 Å². The number of para-hydroxylation sites is 1. The van der Waals surface area contributed by atoms with Gasteiger partial charge in [0.2, 0.25) is 5.91 Å². The molecule has 28 heavy (non-hydrogen) atoms. The highest BCUT2D eigenvalue weighted by Gasteiger charge is 2.35. The lowest BCUT2D eigenvalue weighted by Gasteiger charge is -2.38. The van der Waals surface area contributed by atoms with Crippen molar-refractivity contribution in [2.24, 2.45) is 0 Å². The third-order valence-electron chi connectivity index (χ3n) is 5.70. The first-order valence-corrected chi connectivity index (χ1v) is 9.69. The van der Waals surface area contributed by atoms with Gasteiger partial charge in [0.25, 0.3) is 5.91 Å². The predicted molar refractivity (Wildman–Crippen MR) is 110 cm³/mol. The monoisotopic (exact) mass is 375 g/mol. The van der Waals surface area contributed by atoms with Crippen molar-refractivity contribution in [1.82, 2.24) is 14.8 Å². The lowest BCUT2D eigenvalue weighted by Crippen LogP contribution is -2.54. The van der Waals surface area contributed by atoms with Gasteiger partial charge in [-0.25, -0.2) is 0 Å². The molecule has 2 aromatic carbocycles. The van der Waals surface area contributed by atoms with Crippen LogP contribution >= 0.6 is 0 Å². The molecule has 1 aromatic heterocycles. The van der Waals surface area contributed by atoms with Crippen LogP contribution in [0.3, 0.4) is 0 Å². The Hall–Kier alpha value is -3.08. The van der Waals surface area contributed by atoms with Gasteiger partial charge in [0.1, 0.15) is 0 Å². The molecule has 0 unspecified atom stereocenters. The van der Waals surface area contributed by atoms with Gasteiger partial charge in [0.15, 0.2) is 0 Å². The molecule has 0 spiro atoms. The number of aromatic nitrogens is 1. The molecule has 3 aromatic rings. The molecule has 0 bridgehead atoms. The van der Waals surface area contributed by atoms with Crippen LogP contribution in [0, 0.1) is 0 Å². The highest BCUT2D eigenvalue weighted by Crippen LogP contribution is 2.26. The maximum absolute atomic E-state index is 13.1. The molecule has 144 valence electrons. The first kappa shape index (κ1) is 18.3. The van der Waals surface area contributed by atoms with Crippen LogP contribution < -0.4 is 0 Å². The van der Waals surface area contributed by atoms with Crippen molar-refractivity contribution in [3.8, 4) is 0 Å².